The second-order valence-corrected chi connectivity index (χ2v) is 13.3. The van der Waals surface area contributed by atoms with Crippen LogP contribution in [-0.2, 0) is 0 Å². The zero-order chi connectivity index (χ0) is 34.2. The molecule has 11 rings (SSSR count). The van der Waals surface area contributed by atoms with E-state index < -0.39 is 0 Å². The number of aliphatic imine (C=N–C) groups is 1. The van der Waals surface area contributed by atoms with Gasteiger partial charge >= 0.3 is 0 Å². The number of hydrazine groups is 1. The van der Waals surface area contributed by atoms with E-state index in [4.69, 9.17) is 15.0 Å². The van der Waals surface area contributed by atoms with Crippen LogP contribution in [0.4, 0.5) is 17.2 Å². The number of benzene rings is 6. The zero-order valence-corrected chi connectivity index (χ0v) is 28.0. The van der Waals surface area contributed by atoms with Gasteiger partial charge in [0.2, 0.25) is 0 Å². The van der Waals surface area contributed by atoms with Gasteiger partial charge in [0.05, 0.1) is 22.5 Å². The molecule has 0 bridgehead atoms. The summed E-state index contributed by atoms with van der Waals surface area (Å²) in [6.45, 7) is 0. The van der Waals surface area contributed by atoms with Crippen molar-refractivity contribution in [2.24, 2.45) is 4.99 Å². The predicted molar refractivity (Wildman–Crippen MR) is 207 cm³/mol. The van der Waals surface area contributed by atoms with Crippen LogP contribution in [0, 0.1) is 0 Å². The fourth-order valence-corrected chi connectivity index (χ4v) is 8.13. The van der Waals surface area contributed by atoms with Crippen molar-refractivity contribution in [3.63, 3.8) is 0 Å². The Morgan fingerprint density at radius 3 is 2.02 bits per heavy atom. The van der Waals surface area contributed by atoms with Gasteiger partial charge in [0.1, 0.15) is 29.7 Å². The molecule has 0 radical (unpaired) electrons. The number of hydrogen-bond acceptors (Lipinski definition) is 6. The molecule has 5 heterocycles. The molecular formula is C45H31N7. The Morgan fingerprint density at radius 2 is 1.19 bits per heavy atom. The molecule has 1 saturated heterocycles. The molecule has 0 amide bonds. The van der Waals surface area contributed by atoms with E-state index in [1.807, 2.05) is 0 Å². The van der Waals surface area contributed by atoms with Crippen molar-refractivity contribution in [1.82, 2.24) is 24.6 Å². The molecule has 0 N–H and O–H groups in total. The first-order chi connectivity index (χ1) is 25.8. The first kappa shape index (κ1) is 29.0. The fourth-order valence-electron chi connectivity index (χ4n) is 8.13. The van der Waals surface area contributed by atoms with E-state index in [2.05, 4.69) is 183 Å². The Bertz CT molecular complexity index is 2670. The van der Waals surface area contributed by atoms with Crippen molar-refractivity contribution in [3.05, 3.63) is 193 Å². The summed E-state index contributed by atoms with van der Waals surface area (Å²) in [7, 11) is 0. The van der Waals surface area contributed by atoms with Crippen LogP contribution in [0.25, 0.3) is 39.1 Å². The number of amidine groups is 1. The highest BCUT2D eigenvalue weighted by molar-refractivity contribution is 6.11. The minimum atomic E-state index is -0.182. The van der Waals surface area contributed by atoms with Gasteiger partial charge in [-0.1, -0.05) is 127 Å². The van der Waals surface area contributed by atoms with E-state index in [-0.39, 0.29) is 12.3 Å². The van der Waals surface area contributed by atoms with Crippen LogP contribution in [0.2, 0.25) is 0 Å². The number of hydrogen-bond donors (Lipinski definition) is 0. The highest BCUT2D eigenvalue weighted by Gasteiger charge is 2.57. The molecule has 52 heavy (non-hydrogen) atoms. The van der Waals surface area contributed by atoms with Crippen molar-refractivity contribution in [1.29, 1.82) is 0 Å². The van der Waals surface area contributed by atoms with Gasteiger partial charge in [0, 0.05) is 40.3 Å². The molecule has 0 aliphatic carbocycles. The Morgan fingerprint density at radius 1 is 0.538 bits per heavy atom. The lowest BCUT2D eigenvalue weighted by Gasteiger charge is -2.28. The maximum atomic E-state index is 5.37. The van der Waals surface area contributed by atoms with Crippen molar-refractivity contribution in [2.75, 3.05) is 4.90 Å². The van der Waals surface area contributed by atoms with E-state index in [0.29, 0.717) is 0 Å². The van der Waals surface area contributed by atoms with Crippen LogP contribution in [0.1, 0.15) is 29.0 Å². The summed E-state index contributed by atoms with van der Waals surface area (Å²) < 4.78 is 2.40. The summed E-state index contributed by atoms with van der Waals surface area (Å²) in [5, 5.41) is 5.84. The lowest BCUT2D eigenvalue weighted by Crippen LogP contribution is -2.15. The summed E-state index contributed by atoms with van der Waals surface area (Å²) in [4.78, 5) is 17.7. The molecule has 0 saturated carbocycles. The average Bonchev–Trinajstić information content (AvgIpc) is 3.72. The molecule has 7 heteroatoms. The third kappa shape index (κ3) is 4.26. The second-order valence-electron chi connectivity index (χ2n) is 13.3. The molecule has 1 fully saturated rings. The van der Waals surface area contributed by atoms with E-state index in [0.717, 1.165) is 73.3 Å². The lowest BCUT2D eigenvalue weighted by atomic mass is 10.0. The molecule has 3 unspecified atom stereocenters. The molecule has 6 aromatic carbocycles. The summed E-state index contributed by atoms with van der Waals surface area (Å²) in [5.41, 5.74) is 11.6. The normalized spacial score (nSPS) is 18.2. The molecule has 3 aliphatic heterocycles. The predicted octanol–water partition coefficient (Wildman–Crippen LogP) is 10.2. The van der Waals surface area contributed by atoms with E-state index in [1.54, 1.807) is 12.4 Å². The molecule has 246 valence electrons. The molecule has 2 aromatic heterocycles. The van der Waals surface area contributed by atoms with Crippen molar-refractivity contribution < 1.29 is 0 Å². The van der Waals surface area contributed by atoms with Gasteiger partial charge in [0.25, 0.3) is 0 Å². The number of anilines is 3. The van der Waals surface area contributed by atoms with Crippen molar-refractivity contribution in [2.45, 2.75) is 12.3 Å². The number of rotatable bonds is 5. The monoisotopic (exact) mass is 669 g/mol. The average molecular weight is 670 g/mol. The van der Waals surface area contributed by atoms with Crippen molar-refractivity contribution >= 4 is 33.9 Å². The third-order valence-electron chi connectivity index (χ3n) is 10.4. The highest BCUT2D eigenvalue weighted by Crippen LogP contribution is 2.56. The molecule has 3 aliphatic rings. The standard InChI is InChI=1S/C45H31N7/c1-4-15-30(16-5-1)42-48-43(52-44(51(42)52)31-17-6-2-7-18-31)32-19-14-22-34(29-32)50-37-25-12-10-23-35(37)39-41-40(46-27-28-47-41)36-24-11-13-26-38(36)49(45(39)50)33-20-8-3-9-21-33/h1-29,43-44H. The van der Waals surface area contributed by atoms with Gasteiger partial charge < -0.3 is 0 Å². The number of fused-ring (bicyclic) bond motifs is 8. The minimum Gasteiger partial charge on any atom is -0.295 e. The number of para-hydroxylation sites is 3. The smallest absolute Gasteiger partial charge is 0.150 e. The molecular weight excluding hydrogens is 639 g/mol. The number of aromatic nitrogens is 3. The molecule has 7 nitrogen and oxygen atoms in total. The van der Waals surface area contributed by atoms with E-state index in [1.165, 1.54) is 5.56 Å². The third-order valence-corrected chi connectivity index (χ3v) is 10.4. The minimum absolute atomic E-state index is 0.117. The maximum Gasteiger partial charge on any atom is 0.150 e. The highest BCUT2D eigenvalue weighted by atomic mass is 15.9. The lowest BCUT2D eigenvalue weighted by molar-refractivity contribution is 0.341. The Labute approximate surface area is 301 Å². The summed E-state index contributed by atoms with van der Waals surface area (Å²) in [6.07, 6.45) is 3.53. The van der Waals surface area contributed by atoms with Crippen LogP contribution in [-0.4, -0.2) is 30.4 Å². The van der Waals surface area contributed by atoms with E-state index >= 15 is 0 Å². The molecule has 0 spiro atoms. The first-order valence-electron chi connectivity index (χ1n) is 17.6. The van der Waals surface area contributed by atoms with Crippen molar-refractivity contribution in [3.8, 4) is 28.2 Å². The number of nitrogens with zero attached hydrogens (tertiary/aromatic N) is 7. The van der Waals surface area contributed by atoms with Gasteiger partial charge in [0.15, 0.2) is 0 Å². The Balaban J connectivity index is 1.15. The molecule has 3 atom stereocenters. The van der Waals surface area contributed by atoms with E-state index in [9.17, 15) is 0 Å². The van der Waals surface area contributed by atoms with Crippen LogP contribution in [0.3, 0.4) is 0 Å². The largest absolute Gasteiger partial charge is 0.295 e. The second kappa shape index (κ2) is 11.3. The first-order valence-corrected chi connectivity index (χ1v) is 17.6. The summed E-state index contributed by atoms with van der Waals surface area (Å²) in [5.74, 6) is 2.01. The molecule has 8 aromatic rings. The van der Waals surface area contributed by atoms with Crippen LogP contribution >= 0.6 is 0 Å². The maximum absolute atomic E-state index is 5.37. The SMILES string of the molecule is c1ccc(C2=NC(c3cccc(-n4c5c(c6ccccc64)-c4nccnc4-c4ccccc4N5c4ccccc4)c3)N3C(c4ccccc4)N23)cc1. The van der Waals surface area contributed by atoms with Crippen LogP contribution in [0.15, 0.2) is 181 Å². The van der Waals surface area contributed by atoms with Gasteiger partial charge in [-0.05, 0) is 47.5 Å². The van der Waals surface area contributed by atoms with Gasteiger partial charge in [-0.25, -0.2) is 4.99 Å². The van der Waals surface area contributed by atoms with Crippen LogP contribution < -0.4 is 4.90 Å². The Hall–Kier alpha value is -6.83. The fraction of sp³-hybridized carbons (Fsp3) is 0.0444. The Kier molecular flexibility index (Phi) is 6.32. The van der Waals surface area contributed by atoms with Gasteiger partial charge in [-0.3, -0.25) is 24.4 Å². The quantitative estimate of drug-likeness (QED) is 0.171. The summed E-state index contributed by atoms with van der Waals surface area (Å²) >= 11 is 0. The van der Waals surface area contributed by atoms with Gasteiger partial charge in [-0.15, -0.1) is 0 Å². The van der Waals surface area contributed by atoms with Crippen LogP contribution in [0.5, 0.6) is 0 Å². The summed E-state index contributed by atoms with van der Waals surface area (Å²) in [6, 6.07) is 57.9. The topological polar surface area (TPSA) is 52.3 Å². The van der Waals surface area contributed by atoms with Gasteiger partial charge in [-0.2, -0.15) is 5.01 Å². The zero-order valence-electron chi connectivity index (χ0n) is 28.0.